The van der Waals surface area contributed by atoms with Crippen LogP contribution in [-0.4, -0.2) is 30.2 Å². The van der Waals surface area contributed by atoms with Gasteiger partial charge in [0.1, 0.15) is 6.61 Å². The molecule has 20 heavy (non-hydrogen) atoms. The molecule has 1 aromatic carbocycles. The van der Waals surface area contributed by atoms with E-state index in [1.54, 1.807) is 0 Å². The highest BCUT2D eigenvalue weighted by molar-refractivity contribution is 7.09. The van der Waals surface area contributed by atoms with E-state index in [-0.39, 0.29) is 6.61 Å². The summed E-state index contributed by atoms with van der Waals surface area (Å²) in [6.07, 6.45) is 1.11. The molecule has 0 fully saturated rings. The smallest absolute Gasteiger partial charge is 0.104 e. The third-order valence-electron chi connectivity index (χ3n) is 3.04. The van der Waals surface area contributed by atoms with Crippen molar-refractivity contribution in [2.75, 3.05) is 20.2 Å². The van der Waals surface area contributed by atoms with E-state index in [2.05, 4.69) is 53.4 Å². The number of rotatable bonds is 5. The van der Waals surface area contributed by atoms with Gasteiger partial charge in [-0.3, -0.25) is 0 Å². The van der Waals surface area contributed by atoms with Gasteiger partial charge in [0.25, 0.3) is 0 Å². The van der Waals surface area contributed by atoms with Gasteiger partial charge in [0.2, 0.25) is 0 Å². The second kappa shape index (κ2) is 7.86. The van der Waals surface area contributed by atoms with Gasteiger partial charge in [-0.15, -0.1) is 11.3 Å². The molecule has 0 amide bonds. The van der Waals surface area contributed by atoms with Crippen molar-refractivity contribution >= 4 is 11.3 Å². The van der Waals surface area contributed by atoms with Crippen molar-refractivity contribution in [1.29, 1.82) is 0 Å². The van der Waals surface area contributed by atoms with Gasteiger partial charge in [0.15, 0.2) is 0 Å². The molecule has 1 N–H and O–H groups in total. The van der Waals surface area contributed by atoms with Gasteiger partial charge < -0.3 is 10.0 Å². The van der Waals surface area contributed by atoms with E-state index >= 15 is 0 Å². The summed E-state index contributed by atoms with van der Waals surface area (Å²) in [4.78, 5) is 3.76. The molecule has 2 rings (SSSR count). The highest BCUT2D eigenvalue weighted by Gasteiger charge is 2.01. The quantitative estimate of drug-likeness (QED) is 0.854. The average molecular weight is 285 g/mol. The minimum atomic E-state index is -0.0901. The Labute approximate surface area is 124 Å². The SMILES string of the molecule is CN(CCc1cccs1)Cc1ccc(C#CCO)cc1. The highest BCUT2D eigenvalue weighted by atomic mass is 32.1. The largest absolute Gasteiger partial charge is 0.384 e. The predicted molar refractivity (Wildman–Crippen MR) is 84.8 cm³/mol. The molecule has 0 saturated heterocycles. The molecule has 3 heteroatoms. The summed E-state index contributed by atoms with van der Waals surface area (Å²) >= 11 is 1.82. The summed E-state index contributed by atoms with van der Waals surface area (Å²) in [7, 11) is 2.15. The Hall–Kier alpha value is -1.60. The molecule has 0 spiro atoms. The molecule has 104 valence electrons. The van der Waals surface area contributed by atoms with E-state index in [1.807, 2.05) is 23.5 Å². The van der Waals surface area contributed by atoms with Gasteiger partial charge in [0, 0.05) is 23.5 Å². The maximum atomic E-state index is 8.66. The van der Waals surface area contributed by atoms with E-state index in [4.69, 9.17) is 5.11 Å². The zero-order valence-corrected chi connectivity index (χ0v) is 12.5. The van der Waals surface area contributed by atoms with Crippen LogP contribution < -0.4 is 0 Å². The topological polar surface area (TPSA) is 23.5 Å². The Bertz CT molecular complexity index is 563. The molecule has 0 unspecified atom stereocenters. The van der Waals surface area contributed by atoms with Crippen LogP contribution in [0.5, 0.6) is 0 Å². The van der Waals surface area contributed by atoms with Crippen molar-refractivity contribution in [1.82, 2.24) is 4.90 Å². The Morgan fingerprint density at radius 2 is 2.00 bits per heavy atom. The third-order valence-corrected chi connectivity index (χ3v) is 3.97. The average Bonchev–Trinajstić information content (AvgIpc) is 2.98. The fourth-order valence-corrected chi connectivity index (χ4v) is 2.68. The summed E-state index contributed by atoms with van der Waals surface area (Å²) in [5.74, 6) is 5.56. The summed E-state index contributed by atoms with van der Waals surface area (Å²) in [6, 6.07) is 12.5. The van der Waals surface area contributed by atoms with Crippen molar-refractivity contribution in [3.05, 3.63) is 57.8 Å². The maximum Gasteiger partial charge on any atom is 0.104 e. The number of likely N-dealkylation sites (N-methyl/N-ethyl adjacent to an activating group) is 1. The van der Waals surface area contributed by atoms with Crippen LogP contribution in [0.2, 0.25) is 0 Å². The second-order valence-corrected chi connectivity index (χ2v) is 5.76. The summed E-state index contributed by atoms with van der Waals surface area (Å²) in [6.45, 7) is 1.92. The van der Waals surface area contributed by atoms with Gasteiger partial charge in [-0.1, -0.05) is 30.0 Å². The zero-order valence-electron chi connectivity index (χ0n) is 11.7. The van der Waals surface area contributed by atoms with Crippen LogP contribution in [0.1, 0.15) is 16.0 Å². The molecule has 0 aliphatic rings. The highest BCUT2D eigenvalue weighted by Crippen LogP contribution is 2.11. The van der Waals surface area contributed by atoms with Crippen molar-refractivity contribution in [3.8, 4) is 11.8 Å². The first-order valence-corrected chi connectivity index (χ1v) is 7.55. The van der Waals surface area contributed by atoms with E-state index in [9.17, 15) is 0 Å². The fourth-order valence-electron chi connectivity index (χ4n) is 1.98. The molecule has 0 saturated carbocycles. The van der Waals surface area contributed by atoms with E-state index in [1.165, 1.54) is 10.4 Å². The van der Waals surface area contributed by atoms with Crippen LogP contribution in [0.25, 0.3) is 0 Å². The van der Waals surface area contributed by atoms with Gasteiger partial charge in [-0.25, -0.2) is 0 Å². The lowest BCUT2D eigenvalue weighted by molar-refractivity contribution is 0.332. The maximum absolute atomic E-state index is 8.66. The van der Waals surface area contributed by atoms with E-state index in [0.29, 0.717) is 0 Å². The van der Waals surface area contributed by atoms with Crippen molar-refractivity contribution in [2.24, 2.45) is 0 Å². The lowest BCUT2D eigenvalue weighted by Gasteiger charge is -2.16. The van der Waals surface area contributed by atoms with Crippen LogP contribution in [0.3, 0.4) is 0 Å². The lowest BCUT2D eigenvalue weighted by Crippen LogP contribution is -2.20. The number of aliphatic hydroxyl groups is 1. The van der Waals surface area contributed by atoms with Gasteiger partial charge in [0.05, 0.1) is 0 Å². The third kappa shape index (κ3) is 4.82. The Morgan fingerprint density at radius 1 is 1.20 bits per heavy atom. The molecule has 0 aliphatic carbocycles. The molecule has 0 aliphatic heterocycles. The van der Waals surface area contributed by atoms with Crippen LogP contribution in [0, 0.1) is 11.8 Å². The predicted octanol–water partition coefficient (Wildman–Crippen LogP) is 2.77. The first kappa shape index (κ1) is 14.8. The molecular weight excluding hydrogens is 266 g/mol. The molecule has 2 nitrogen and oxygen atoms in total. The standard InChI is InChI=1S/C17H19NOS/c1-18(11-10-17-5-3-13-20-17)14-16-8-6-15(7-9-16)4-2-12-19/h3,5-9,13,19H,10-12,14H2,1H3. The Morgan fingerprint density at radius 3 is 2.65 bits per heavy atom. The number of benzene rings is 1. The first-order valence-electron chi connectivity index (χ1n) is 6.67. The number of aliphatic hydroxyl groups excluding tert-OH is 1. The van der Waals surface area contributed by atoms with Gasteiger partial charge >= 0.3 is 0 Å². The minimum absolute atomic E-state index is 0.0901. The molecule has 0 atom stereocenters. The molecule has 1 aromatic heterocycles. The van der Waals surface area contributed by atoms with Crippen LogP contribution in [0.15, 0.2) is 41.8 Å². The zero-order chi connectivity index (χ0) is 14.2. The Kier molecular flexibility index (Phi) is 5.82. The summed E-state index contributed by atoms with van der Waals surface area (Å²) in [5.41, 5.74) is 2.23. The number of hydrogen-bond donors (Lipinski definition) is 1. The molecule has 1 heterocycles. The van der Waals surface area contributed by atoms with Crippen LogP contribution in [0.4, 0.5) is 0 Å². The normalized spacial score (nSPS) is 10.3. The Balaban J connectivity index is 1.83. The number of nitrogens with zero attached hydrogens (tertiary/aromatic N) is 1. The minimum Gasteiger partial charge on any atom is -0.384 e. The van der Waals surface area contributed by atoms with Crippen LogP contribution >= 0.6 is 11.3 Å². The second-order valence-electron chi connectivity index (χ2n) is 4.72. The van der Waals surface area contributed by atoms with Crippen molar-refractivity contribution in [2.45, 2.75) is 13.0 Å². The number of hydrogen-bond acceptors (Lipinski definition) is 3. The van der Waals surface area contributed by atoms with Crippen molar-refractivity contribution in [3.63, 3.8) is 0 Å². The van der Waals surface area contributed by atoms with Crippen molar-refractivity contribution < 1.29 is 5.11 Å². The van der Waals surface area contributed by atoms with Gasteiger partial charge in [-0.05, 0) is 42.6 Å². The van der Waals surface area contributed by atoms with Gasteiger partial charge in [-0.2, -0.15) is 0 Å². The van der Waals surface area contributed by atoms with E-state index < -0.39 is 0 Å². The molecule has 0 bridgehead atoms. The lowest BCUT2D eigenvalue weighted by atomic mass is 10.1. The van der Waals surface area contributed by atoms with E-state index in [0.717, 1.165) is 25.1 Å². The summed E-state index contributed by atoms with van der Waals surface area (Å²) in [5, 5.41) is 10.8. The molecule has 2 aromatic rings. The van der Waals surface area contributed by atoms with Crippen LogP contribution in [-0.2, 0) is 13.0 Å². The fraction of sp³-hybridized carbons (Fsp3) is 0.294. The monoisotopic (exact) mass is 285 g/mol. The molecule has 0 radical (unpaired) electrons. The number of thiophene rings is 1. The molecular formula is C17H19NOS. The first-order chi connectivity index (χ1) is 9.78. The summed E-state index contributed by atoms with van der Waals surface area (Å²) < 4.78 is 0.